The molecule has 1 atom stereocenters. The van der Waals surface area contributed by atoms with Gasteiger partial charge in [0.05, 0.1) is 12.5 Å². The molecule has 4 rings (SSSR count). The van der Waals surface area contributed by atoms with Crippen LogP contribution in [0.2, 0.25) is 0 Å². The zero-order valence-electron chi connectivity index (χ0n) is 22.8. The van der Waals surface area contributed by atoms with Gasteiger partial charge in [-0.25, -0.2) is 9.78 Å². The lowest BCUT2D eigenvalue weighted by molar-refractivity contribution is -0.156. The zero-order valence-corrected chi connectivity index (χ0v) is 22.8. The highest BCUT2D eigenvalue weighted by molar-refractivity contribution is 6.01. The van der Waals surface area contributed by atoms with Crippen molar-refractivity contribution in [3.05, 3.63) is 94.8 Å². The predicted molar refractivity (Wildman–Crippen MR) is 152 cm³/mol. The highest BCUT2D eigenvalue weighted by Crippen LogP contribution is 2.31. The van der Waals surface area contributed by atoms with Gasteiger partial charge < -0.3 is 19.9 Å². The number of hydrogen-bond donors (Lipinski definition) is 2. The second kappa shape index (κ2) is 13.6. The Morgan fingerprint density at radius 1 is 1.07 bits per heavy atom. The number of rotatable bonds is 13. The number of carbonyl (C=O) groups is 4. The predicted octanol–water partition coefficient (Wildman–Crippen LogP) is 4.37. The second-order valence-electron chi connectivity index (χ2n) is 9.97. The highest BCUT2D eigenvalue weighted by Gasteiger charge is 2.25. The first-order valence-corrected chi connectivity index (χ1v) is 13.4. The van der Waals surface area contributed by atoms with E-state index in [4.69, 9.17) is 9.47 Å². The van der Waals surface area contributed by atoms with Crippen LogP contribution in [0, 0.1) is 11.8 Å². The van der Waals surface area contributed by atoms with Gasteiger partial charge in [-0.2, -0.15) is 0 Å². The van der Waals surface area contributed by atoms with Gasteiger partial charge in [-0.1, -0.05) is 49.9 Å². The number of aromatic nitrogens is 1. The van der Waals surface area contributed by atoms with Crippen molar-refractivity contribution in [2.24, 2.45) is 11.8 Å². The van der Waals surface area contributed by atoms with E-state index in [-0.39, 0.29) is 29.1 Å². The van der Waals surface area contributed by atoms with Gasteiger partial charge in [-0.3, -0.25) is 14.4 Å². The quantitative estimate of drug-likeness (QED) is 0.180. The van der Waals surface area contributed by atoms with E-state index in [1.54, 1.807) is 19.1 Å². The van der Waals surface area contributed by atoms with Gasteiger partial charge in [0.15, 0.2) is 12.0 Å². The normalized spacial score (nSPS) is 13.1. The summed E-state index contributed by atoms with van der Waals surface area (Å²) in [5, 5.41) is 12.7. The van der Waals surface area contributed by atoms with E-state index in [0.29, 0.717) is 41.9 Å². The van der Waals surface area contributed by atoms with Crippen molar-refractivity contribution in [1.29, 1.82) is 0 Å². The van der Waals surface area contributed by atoms with Gasteiger partial charge in [0, 0.05) is 17.7 Å². The van der Waals surface area contributed by atoms with Crippen LogP contribution in [0.25, 0.3) is 17.2 Å². The molecule has 0 spiro atoms. The van der Waals surface area contributed by atoms with Crippen LogP contribution in [0.4, 0.5) is 0 Å². The van der Waals surface area contributed by atoms with Crippen LogP contribution in [0.3, 0.4) is 0 Å². The van der Waals surface area contributed by atoms with Gasteiger partial charge >= 0.3 is 11.9 Å². The summed E-state index contributed by atoms with van der Waals surface area (Å²) in [4.78, 5) is 54.7. The van der Waals surface area contributed by atoms with Crippen LogP contribution in [0.1, 0.15) is 67.8 Å². The summed E-state index contributed by atoms with van der Waals surface area (Å²) >= 11 is 0. The van der Waals surface area contributed by atoms with Crippen molar-refractivity contribution in [2.75, 3.05) is 13.3 Å². The summed E-state index contributed by atoms with van der Waals surface area (Å²) < 4.78 is 10.4. The molecule has 1 fully saturated rings. The van der Waals surface area contributed by atoms with Crippen LogP contribution in [-0.2, 0) is 27.3 Å². The van der Waals surface area contributed by atoms with Gasteiger partial charge in [0.25, 0.3) is 5.91 Å². The maximum Gasteiger partial charge on any atom is 0.360 e. The number of pyridine rings is 1. The summed E-state index contributed by atoms with van der Waals surface area (Å²) in [7, 11) is 0. The first-order chi connectivity index (χ1) is 19.8. The Kier molecular flexibility index (Phi) is 9.76. The van der Waals surface area contributed by atoms with E-state index in [0.717, 1.165) is 18.4 Å². The number of esters is 2. The van der Waals surface area contributed by atoms with Crippen molar-refractivity contribution < 1.29 is 33.8 Å². The smallest absolute Gasteiger partial charge is 0.360 e. The minimum Gasteiger partial charge on any atom is -0.428 e. The Morgan fingerprint density at radius 3 is 2.49 bits per heavy atom. The Bertz CT molecular complexity index is 1450. The second-order valence-corrected chi connectivity index (χ2v) is 9.97. The van der Waals surface area contributed by atoms with Crippen molar-refractivity contribution in [3.63, 3.8) is 0 Å². The molecule has 0 bridgehead atoms. The molecule has 1 heterocycles. The highest BCUT2D eigenvalue weighted by atomic mass is 16.7. The fourth-order valence-electron chi connectivity index (χ4n) is 4.35. The Labute approximate surface area is 238 Å². The maximum atomic E-state index is 13.2. The zero-order chi connectivity index (χ0) is 29.4. The van der Waals surface area contributed by atoms with E-state index in [1.807, 2.05) is 30.3 Å². The molecule has 1 aromatic heterocycles. The fraction of sp³-hybridized carbons (Fsp3) is 0.281. The third-order valence-electron chi connectivity index (χ3n) is 6.87. The van der Waals surface area contributed by atoms with Crippen LogP contribution < -0.4 is 5.32 Å². The summed E-state index contributed by atoms with van der Waals surface area (Å²) in [6.07, 6.45) is 4.69. The number of aldehydes is 1. The summed E-state index contributed by atoms with van der Waals surface area (Å²) in [5.41, 5.74) is 2.51. The number of amides is 1. The standard InChI is InChI=1S/C32H32N2O7/c1-3-23-14-25(18-36)27(15-24(23)17-35)26-11-12-28(30(37)33-16-22-9-10-22)34-29(26)32(39)41-19-40-31(38)20(2)13-21-7-5-4-6-8-21/h3-8,11-12,14-15,18,20,22,35H,1,9-10,13,16-17,19H2,2H3,(H,33,37)/t20-/m0/s1. The molecule has 212 valence electrons. The largest absolute Gasteiger partial charge is 0.428 e. The number of nitrogens with zero attached hydrogens (tertiary/aromatic N) is 1. The average molecular weight is 557 g/mol. The SMILES string of the molecule is C=Cc1cc(C=O)c(-c2ccc(C(=O)NCC3CC3)nc2C(=O)OCOC(=O)[C@@H](C)Cc2ccccc2)cc1CO. The van der Waals surface area contributed by atoms with Crippen LogP contribution in [0.15, 0.2) is 61.2 Å². The number of nitrogens with one attached hydrogen (secondary N) is 1. The summed E-state index contributed by atoms with van der Waals surface area (Å²) in [6.45, 7) is 4.95. The lowest BCUT2D eigenvalue weighted by atomic mass is 9.93. The maximum absolute atomic E-state index is 13.2. The molecular weight excluding hydrogens is 524 g/mol. The minimum absolute atomic E-state index is 0.00688. The minimum atomic E-state index is -0.949. The van der Waals surface area contributed by atoms with E-state index in [9.17, 15) is 24.3 Å². The lowest BCUT2D eigenvalue weighted by Gasteiger charge is -2.15. The van der Waals surface area contributed by atoms with Crippen molar-refractivity contribution in [1.82, 2.24) is 10.3 Å². The molecule has 0 radical (unpaired) electrons. The summed E-state index contributed by atoms with van der Waals surface area (Å²) in [6, 6.07) is 15.5. The van der Waals surface area contributed by atoms with Crippen molar-refractivity contribution in [2.45, 2.75) is 32.8 Å². The van der Waals surface area contributed by atoms with Crippen molar-refractivity contribution >= 4 is 30.2 Å². The molecule has 1 amide bonds. The first kappa shape index (κ1) is 29.4. The molecule has 0 saturated heterocycles. The number of hydrogen-bond acceptors (Lipinski definition) is 8. The first-order valence-electron chi connectivity index (χ1n) is 13.4. The number of benzene rings is 2. The molecule has 1 aliphatic rings. The summed E-state index contributed by atoms with van der Waals surface area (Å²) in [5.74, 6) is -1.97. The third-order valence-corrected chi connectivity index (χ3v) is 6.87. The van der Waals surface area contributed by atoms with E-state index < -0.39 is 30.6 Å². The third kappa shape index (κ3) is 7.52. The van der Waals surface area contributed by atoms with Gasteiger partial charge in [0.2, 0.25) is 6.79 Å². The fourth-order valence-corrected chi connectivity index (χ4v) is 4.35. The van der Waals surface area contributed by atoms with E-state index in [1.165, 1.54) is 18.2 Å². The Morgan fingerprint density at radius 2 is 1.83 bits per heavy atom. The number of aliphatic hydroxyl groups is 1. The molecule has 9 heteroatoms. The number of aliphatic hydroxyl groups excluding tert-OH is 1. The molecule has 2 N–H and O–H groups in total. The molecular formula is C32H32N2O7. The molecule has 41 heavy (non-hydrogen) atoms. The molecule has 9 nitrogen and oxygen atoms in total. The monoisotopic (exact) mass is 556 g/mol. The molecule has 1 aliphatic carbocycles. The molecule has 3 aromatic rings. The van der Waals surface area contributed by atoms with Crippen LogP contribution in [0.5, 0.6) is 0 Å². The number of carbonyl (C=O) groups excluding carboxylic acids is 4. The molecule has 0 unspecified atom stereocenters. The van der Waals surface area contributed by atoms with Crippen LogP contribution >= 0.6 is 0 Å². The van der Waals surface area contributed by atoms with Gasteiger partial charge in [-0.15, -0.1) is 0 Å². The van der Waals surface area contributed by atoms with E-state index in [2.05, 4.69) is 16.9 Å². The van der Waals surface area contributed by atoms with E-state index >= 15 is 0 Å². The average Bonchev–Trinajstić information content (AvgIpc) is 3.83. The molecule has 0 aliphatic heterocycles. The number of ether oxygens (including phenoxy) is 2. The Balaban J connectivity index is 1.57. The van der Waals surface area contributed by atoms with Crippen LogP contribution in [-0.4, -0.2) is 47.6 Å². The van der Waals surface area contributed by atoms with Gasteiger partial charge in [0.1, 0.15) is 5.69 Å². The Hall–Kier alpha value is -4.63. The molecule has 1 saturated carbocycles. The van der Waals surface area contributed by atoms with Gasteiger partial charge in [-0.05, 0) is 71.7 Å². The topological polar surface area (TPSA) is 132 Å². The lowest BCUT2D eigenvalue weighted by Crippen LogP contribution is -2.27. The molecule has 2 aromatic carbocycles. The van der Waals surface area contributed by atoms with Crippen molar-refractivity contribution in [3.8, 4) is 11.1 Å².